The maximum atomic E-state index is 12.1. The predicted octanol–water partition coefficient (Wildman–Crippen LogP) is 5.34. The Morgan fingerprint density at radius 2 is 1.79 bits per heavy atom. The first kappa shape index (κ1) is 23.1. The van der Waals surface area contributed by atoms with Gasteiger partial charge in [-0.2, -0.15) is 0 Å². The normalized spacial score (nSPS) is 10.6. The van der Waals surface area contributed by atoms with E-state index in [2.05, 4.69) is 20.6 Å². The molecule has 4 rings (SSSR count). The van der Waals surface area contributed by atoms with E-state index in [-0.39, 0.29) is 11.6 Å². The minimum absolute atomic E-state index is 0.0896. The molecule has 1 aromatic carbocycles. The molecule has 8 nitrogen and oxygen atoms in total. The van der Waals surface area contributed by atoms with Crippen LogP contribution in [0.5, 0.6) is 0 Å². The number of carboxylic acid groups (broad SMARTS) is 1. The number of nitrogens with one attached hydrogen (secondary N) is 2. The minimum atomic E-state index is -1.05. The highest BCUT2D eigenvalue weighted by atomic mass is 32.1. The van der Waals surface area contributed by atoms with Crippen LogP contribution in [-0.4, -0.2) is 38.6 Å². The zero-order valence-corrected chi connectivity index (χ0v) is 19.5. The zero-order chi connectivity index (χ0) is 24.1. The van der Waals surface area contributed by atoms with Crippen molar-refractivity contribution in [1.29, 1.82) is 0 Å². The molecule has 4 aromatic rings. The van der Waals surface area contributed by atoms with Gasteiger partial charge in [0.1, 0.15) is 10.8 Å². The standard InChI is InChI=1S/C25H23N5O3S/c1-3-20-17(10-16(12-27-20)24(31)32)19-13-28-22(30-25(33)26-4-2)11-18(19)23-29-21(14-34-23)15-8-6-5-7-9-15/h5-14H,3-4H2,1-2H3,(H,31,32)(H2,26,28,30,33). The van der Waals surface area contributed by atoms with E-state index in [1.54, 1.807) is 18.3 Å². The van der Waals surface area contributed by atoms with Crippen LogP contribution in [0.2, 0.25) is 0 Å². The van der Waals surface area contributed by atoms with Gasteiger partial charge in [-0.25, -0.2) is 19.6 Å². The summed E-state index contributed by atoms with van der Waals surface area (Å²) in [6.07, 6.45) is 3.60. The third-order valence-electron chi connectivity index (χ3n) is 5.13. The second-order valence-corrected chi connectivity index (χ2v) is 8.24. The first-order valence-electron chi connectivity index (χ1n) is 10.8. The van der Waals surface area contributed by atoms with Crippen LogP contribution in [0.15, 0.2) is 60.2 Å². The molecule has 0 saturated carbocycles. The summed E-state index contributed by atoms with van der Waals surface area (Å²) in [7, 11) is 0. The molecule has 0 fully saturated rings. The minimum Gasteiger partial charge on any atom is -0.478 e. The number of hydrogen-bond acceptors (Lipinski definition) is 6. The van der Waals surface area contributed by atoms with Gasteiger partial charge in [-0.1, -0.05) is 37.3 Å². The summed E-state index contributed by atoms with van der Waals surface area (Å²) in [6.45, 7) is 4.27. The Bertz CT molecular complexity index is 1340. The van der Waals surface area contributed by atoms with E-state index in [9.17, 15) is 14.7 Å². The molecule has 3 heterocycles. The SMILES string of the molecule is CCNC(=O)Nc1cc(-c2nc(-c3ccccc3)cs2)c(-c2cc(C(=O)O)cnc2CC)cn1. The lowest BCUT2D eigenvalue weighted by Gasteiger charge is -2.14. The zero-order valence-electron chi connectivity index (χ0n) is 18.7. The van der Waals surface area contributed by atoms with E-state index < -0.39 is 5.97 Å². The van der Waals surface area contributed by atoms with Crippen LogP contribution in [0, 0.1) is 0 Å². The molecule has 0 aliphatic carbocycles. The van der Waals surface area contributed by atoms with Crippen molar-refractivity contribution in [2.75, 3.05) is 11.9 Å². The van der Waals surface area contributed by atoms with Crippen molar-refractivity contribution in [3.8, 4) is 33.0 Å². The fraction of sp³-hybridized carbons (Fsp3) is 0.160. The largest absolute Gasteiger partial charge is 0.478 e. The van der Waals surface area contributed by atoms with Gasteiger partial charge in [0.05, 0.1) is 11.3 Å². The van der Waals surface area contributed by atoms with Gasteiger partial charge in [0.25, 0.3) is 0 Å². The molecule has 0 aliphatic rings. The highest BCUT2D eigenvalue weighted by Gasteiger charge is 2.19. The lowest BCUT2D eigenvalue weighted by molar-refractivity contribution is 0.0696. The molecule has 0 atom stereocenters. The van der Waals surface area contributed by atoms with Gasteiger partial charge in [0.15, 0.2) is 0 Å². The number of thiazole rings is 1. The number of hydrogen-bond donors (Lipinski definition) is 3. The first-order chi connectivity index (χ1) is 16.5. The number of carboxylic acids is 1. The van der Waals surface area contributed by atoms with E-state index in [0.717, 1.165) is 27.5 Å². The first-order valence-corrected chi connectivity index (χ1v) is 11.7. The topological polar surface area (TPSA) is 117 Å². The van der Waals surface area contributed by atoms with Crippen LogP contribution in [0.4, 0.5) is 10.6 Å². The second kappa shape index (κ2) is 10.2. The molecule has 0 spiro atoms. The highest BCUT2D eigenvalue weighted by molar-refractivity contribution is 7.13. The average molecular weight is 474 g/mol. The van der Waals surface area contributed by atoms with E-state index in [4.69, 9.17) is 4.98 Å². The maximum absolute atomic E-state index is 12.1. The average Bonchev–Trinajstić information content (AvgIpc) is 3.34. The van der Waals surface area contributed by atoms with Crippen molar-refractivity contribution in [3.05, 3.63) is 71.5 Å². The fourth-order valence-corrected chi connectivity index (χ4v) is 4.36. The summed E-state index contributed by atoms with van der Waals surface area (Å²) >= 11 is 1.46. The number of amides is 2. The van der Waals surface area contributed by atoms with E-state index >= 15 is 0 Å². The van der Waals surface area contributed by atoms with Crippen molar-refractivity contribution in [2.24, 2.45) is 0 Å². The lowest BCUT2D eigenvalue weighted by atomic mass is 9.98. The Hall–Kier alpha value is -4.11. The molecular formula is C25H23N5O3S. The van der Waals surface area contributed by atoms with Gasteiger partial charge in [-0.05, 0) is 25.5 Å². The van der Waals surface area contributed by atoms with Crippen LogP contribution in [0.25, 0.3) is 33.0 Å². The second-order valence-electron chi connectivity index (χ2n) is 7.38. The molecule has 0 saturated heterocycles. The Morgan fingerprint density at radius 1 is 1.00 bits per heavy atom. The summed E-state index contributed by atoms with van der Waals surface area (Å²) in [4.78, 5) is 37.3. The van der Waals surface area contributed by atoms with Crippen molar-refractivity contribution < 1.29 is 14.7 Å². The summed E-state index contributed by atoms with van der Waals surface area (Å²) in [5.74, 6) is -0.692. The molecule has 172 valence electrons. The molecule has 2 amide bonds. The molecule has 0 bridgehead atoms. The smallest absolute Gasteiger partial charge is 0.337 e. The molecule has 0 aliphatic heterocycles. The molecule has 9 heteroatoms. The van der Waals surface area contributed by atoms with Crippen molar-refractivity contribution in [2.45, 2.75) is 20.3 Å². The fourth-order valence-electron chi connectivity index (χ4n) is 3.50. The van der Waals surface area contributed by atoms with Crippen LogP contribution in [0.1, 0.15) is 29.9 Å². The Labute approximate surface area is 200 Å². The maximum Gasteiger partial charge on any atom is 0.337 e. The summed E-state index contributed by atoms with van der Waals surface area (Å²) in [5, 5.41) is 17.6. The molecule has 0 radical (unpaired) electrons. The van der Waals surface area contributed by atoms with Crippen molar-refractivity contribution in [1.82, 2.24) is 20.3 Å². The van der Waals surface area contributed by atoms with Crippen LogP contribution in [-0.2, 0) is 6.42 Å². The molecular weight excluding hydrogens is 450 g/mol. The quantitative estimate of drug-likeness (QED) is 0.334. The predicted molar refractivity (Wildman–Crippen MR) is 133 cm³/mol. The van der Waals surface area contributed by atoms with Gasteiger partial charge in [-0.3, -0.25) is 10.3 Å². The van der Waals surface area contributed by atoms with Crippen LogP contribution in [0.3, 0.4) is 0 Å². The number of carbonyl (C=O) groups excluding carboxylic acids is 1. The van der Waals surface area contributed by atoms with Gasteiger partial charge in [-0.15, -0.1) is 11.3 Å². The number of nitrogens with zero attached hydrogens (tertiary/aromatic N) is 3. The molecule has 0 unspecified atom stereocenters. The Balaban J connectivity index is 1.86. The summed E-state index contributed by atoms with van der Waals surface area (Å²) in [5.41, 5.74) is 4.76. The summed E-state index contributed by atoms with van der Waals surface area (Å²) < 4.78 is 0. The van der Waals surface area contributed by atoms with Crippen LogP contribution >= 0.6 is 11.3 Å². The van der Waals surface area contributed by atoms with Crippen molar-refractivity contribution >= 4 is 29.2 Å². The number of benzene rings is 1. The highest BCUT2D eigenvalue weighted by Crippen LogP contribution is 2.38. The molecule has 3 aromatic heterocycles. The van der Waals surface area contributed by atoms with Crippen LogP contribution < -0.4 is 10.6 Å². The van der Waals surface area contributed by atoms with E-state index in [1.807, 2.05) is 49.6 Å². The number of aromatic carboxylic acids is 1. The third kappa shape index (κ3) is 4.94. The number of urea groups is 1. The number of aryl methyl sites for hydroxylation is 1. The number of pyridine rings is 2. The Morgan fingerprint density at radius 3 is 2.50 bits per heavy atom. The molecule has 34 heavy (non-hydrogen) atoms. The summed E-state index contributed by atoms with van der Waals surface area (Å²) in [6, 6.07) is 12.8. The lowest BCUT2D eigenvalue weighted by Crippen LogP contribution is -2.28. The van der Waals surface area contributed by atoms with Gasteiger partial charge < -0.3 is 10.4 Å². The van der Waals surface area contributed by atoms with Gasteiger partial charge >= 0.3 is 12.0 Å². The van der Waals surface area contributed by atoms with E-state index in [0.29, 0.717) is 29.9 Å². The van der Waals surface area contributed by atoms with E-state index in [1.165, 1.54) is 17.5 Å². The number of anilines is 1. The number of rotatable bonds is 7. The van der Waals surface area contributed by atoms with Gasteiger partial charge in [0, 0.05) is 52.3 Å². The van der Waals surface area contributed by atoms with Gasteiger partial charge in [0.2, 0.25) is 0 Å². The van der Waals surface area contributed by atoms with Crippen molar-refractivity contribution in [3.63, 3.8) is 0 Å². The molecule has 3 N–H and O–H groups in total. The Kier molecular flexibility index (Phi) is 6.93. The monoisotopic (exact) mass is 473 g/mol. The number of aromatic nitrogens is 3. The number of carbonyl (C=O) groups is 2. The third-order valence-corrected chi connectivity index (χ3v) is 6.00.